The van der Waals surface area contributed by atoms with Crippen LogP contribution in [-0.2, 0) is 9.53 Å². The largest absolute Gasteiger partial charge is 0.465 e. The lowest BCUT2D eigenvalue weighted by Crippen LogP contribution is -2.34. The molecule has 0 aliphatic rings. The normalized spacial score (nSPS) is 10.9. The second kappa shape index (κ2) is 6.42. The van der Waals surface area contributed by atoms with Gasteiger partial charge in [-0.15, -0.1) is 0 Å². The molecule has 0 saturated carbocycles. The number of anilines is 1. The van der Waals surface area contributed by atoms with Gasteiger partial charge in [-0.05, 0) is 34.7 Å². The maximum Gasteiger partial charge on any atom is 0.302 e. The van der Waals surface area contributed by atoms with Crippen LogP contribution in [0, 0.1) is 8.99 Å². The molecule has 0 unspecified atom stereocenters. The molecule has 0 fully saturated rings. The highest BCUT2D eigenvalue weighted by molar-refractivity contribution is 14.1. The van der Waals surface area contributed by atoms with E-state index in [2.05, 4.69) is 32.9 Å². The molecule has 1 N–H and O–H groups in total. The van der Waals surface area contributed by atoms with E-state index in [-0.39, 0.29) is 12.6 Å². The van der Waals surface area contributed by atoms with Gasteiger partial charge >= 0.3 is 5.97 Å². The minimum absolute atomic E-state index is 0.249. The number of hydrogen-bond acceptors (Lipinski definition) is 4. The molecular formula is C12H15IN2O2S. The standard InChI is InChI=1S/C12H15IN2O2S/c1-8(16)17-7-12(2,3)11(18)15-10-5-4-9(13)6-14-10/h4-6H,7H2,1-3H3,(H,14,15,18). The Morgan fingerprint density at radius 3 is 2.72 bits per heavy atom. The molecule has 0 amide bonds. The quantitative estimate of drug-likeness (QED) is 0.496. The first-order chi connectivity index (χ1) is 8.31. The van der Waals surface area contributed by atoms with Gasteiger partial charge in [-0.3, -0.25) is 4.79 Å². The zero-order valence-corrected chi connectivity index (χ0v) is 13.5. The molecule has 0 aromatic carbocycles. The topological polar surface area (TPSA) is 51.2 Å². The van der Waals surface area contributed by atoms with Crippen molar-refractivity contribution in [1.82, 2.24) is 4.98 Å². The van der Waals surface area contributed by atoms with E-state index in [1.165, 1.54) is 6.92 Å². The molecule has 1 rings (SSSR count). The van der Waals surface area contributed by atoms with Crippen molar-refractivity contribution in [2.75, 3.05) is 11.9 Å². The molecule has 18 heavy (non-hydrogen) atoms. The number of esters is 1. The zero-order chi connectivity index (χ0) is 13.8. The lowest BCUT2D eigenvalue weighted by Gasteiger charge is -2.25. The van der Waals surface area contributed by atoms with Crippen molar-refractivity contribution in [2.45, 2.75) is 20.8 Å². The number of nitrogens with zero attached hydrogens (tertiary/aromatic N) is 1. The smallest absolute Gasteiger partial charge is 0.302 e. The van der Waals surface area contributed by atoms with Gasteiger partial charge in [0.1, 0.15) is 12.4 Å². The summed E-state index contributed by atoms with van der Waals surface area (Å²) in [5.41, 5.74) is -0.425. The molecule has 0 spiro atoms. The van der Waals surface area contributed by atoms with E-state index < -0.39 is 5.41 Å². The number of ether oxygens (including phenoxy) is 1. The Bertz CT molecular complexity index is 446. The highest BCUT2D eigenvalue weighted by Crippen LogP contribution is 2.20. The first kappa shape index (κ1) is 15.3. The summed E-state index contributed by atoms with van der Waals surface area (Å²) in [6, 6.07) is 3.80. The zero-order valence-electron chi connectivity index (χ0n) is 10.5. The van der Waals surface area contributed by atoms with Crippen LogP contribution in [0.4, 0.5) is 5.82 Å². The number of carbonyl (C=O) groups is 1. The summed E-state index contributed by atoms with van der Waals surface area (Å²) in [6.45, 7) is 5.46. The fourth-order valence-electron chi connectivity index (χ4n) is 1.08. The second-order valence-corrected chi connectivity index (χ2v) is 6.13. The Morgan fingerprint density at radius 2 is 2.22 bits per heavy atom. The summed E-state index contributed by atoms with van der Waals surface area (Å²) in [5, 5.41) is 3.06. The SMILES string of the molecule is CC(=O)OCC(C)(C)C(=S)Nc1ccc(I)cn1. The molecule has 0 radical (unpaired) electrons. The summed E-state index contributed by atoms with van der Waals surface area (Å²) in [5.74, 6) is 0.384. The van der Waals surface area contributed by atoms with Crippen molar-refractivity contribution in [2.24, 2.45) is 5.41 Å². The van der Waals surface area contributed by atoms with Crippen LogP contribution in [0.25, 0.3) is 0 Å². The van der Waals surface area contributed by atoms with Crippen LogP contribution in [0.1, 0.15) is 20.8 Å². The molecule has 1 aromatic heterocycles. The van der Waals surface area contributed by atoms with Gasteiger partial charge < -0.3 is 10.1 Å². The summed E-state index contributed by atoms with van der Waals surface area (Å²) in [6.07, 6.45) is 1.75. The number of aromatic nitrogens is 1. The van der Waals surface area contributed by atoms with Crippen molar-refractivity contribution < 1.29 is 9.53 Å². The van der Waals surface area contributed by atoms with Gasteiger partial charge in [-0.1, -0.05) is 26.1 Å². The van der Waals surface area contributed by atoms with Gasteiger partial charge in [0.05, 0.1) is 4.99 Å². The van der Waals surface area contributed by atoms with Crippen molar-refractivity contribution >= 4 is 51.6 Å². The van der Waals surface area contributed by atoms with E-state index in [9.17, 15) is 4.79 Å². The van der Waals surface area contributed by atoms with Crippen molar-refractivity contribution in [3.8, 4) is 0 Å². The molecule has 1 heterocycles. The van der Waals surface area contributed by atoms with Crippen LogP contribution >= 0.6 is 34.8 Å². The maximum absolute atomic E-state index is 10.8. The first-order valence-electron chi connectivity index (χ1n) is 5.37. The fourth-order valence-corrected chi connectivity index (χ4v) is 1.57. The molecule has 6 heteroatoms. The Balaban J connectivity index is 2.63. The lowest BCUT2D eigenvalue weighted by molar-refractivity contribution is -0.142. The van der Waals surface area contributed by atoms with Gasteiger partial charge in [0.2, 0.25) is 0 Å². The van der Waals surface area contributed by atoms with Gasteiger partial charge in [0.25, 0.3) is 0 Å². The van der Waals surface area contributed by atoms with E-state index in [1.54, 1.807) is 6.20 Å². The Labute approximate surface area is 126 Å². The molecule has 0 atom stereocenters. The molecule has 98 valence electrons. The average molecular weight is 378 g/mol. The Morgan fingerprint density at radius 1 is 1.56 bits per heavy atom. The van der Waals surface area contributed by atoms with Gasteiger partial charge in [-0.25, -0.2) is 4.98 Å². The summed E-state index contributed by atoms with van der Waals surface area (Å²) in [4.78, 5) is 15.6. The molecule has 0 aliphatic heterocycles. The van der Waals surface area contributed by atoms with Gasteiger partial charge in [0, 0.05) is 22.1 Å². The first-order valence-corrected chi connectivity index (χ1v) is 6.86. The molecule has 0 saturated heterocycles. The molecule has 0 aliphatic carbocycles. The number of rotatable bonds is 4. The number of nitrogens with one attached hydrogen (secondary N) is 1. The summed E-state index contributed by atoms with van der Waals surface area (Å²) in [7, 11) is 0. The predicted molar refractivity (Wildman–Crippen MR) is 83.6 cm³/mol. The minimum Gasteiger partial charge on any atom is -0.465 e. The summed E-state index contributed by atoms with van der Waals surface area (Å²) >= 11 is 7.50. The lowest BCUT2D eigenvalue weighted by atomic mass is 9.94. The van der Waals surface area contributed by atoms with E-state index >= 15 is 0 Å². The third kappa shape index (κ3) is 4.85. The highest BCUT2D eigenvalue weighted by Gasteiger charge is 2.25. The number of halogens is 1. The number of hydrogen-bond donors (Lipinski definition) is 1. The van der Waals surface area contributed by atoms with Gasteiger partial charge in [0.15, 0.2) is 0 Å². The molecule has 0 bridgehead atoms. The minimum atomic E-state index is -0.425. The van der Waals surface area contributed by atoms with E-state index in [1.807, 2.05) is 26.0 Å². The molecule has 4 nitrogen and oxygen atoms in total. The monoisotopic (exact) mass is 378 g/mol. The van der Waals surface area contributed by atoms with Crippen molar-refractivity contribution in [1.29, 1.82) is 0 Å². The summed E-state index contributed by atoms with van der Waals surface area (Å²) < 4.78 is 6.06. The van der Waals surface area contributed by atoms with Crippen molar-refractivity contribution in [3.63, 3.8) is 0 Å². The number of carbonyl (C=O) groups excluding carboxylic acids is 1. The van der Waals surface area contributed by atoms with Gasteiger partial charge in [-0.2, -0.15) is 0 Å². The highest BCUT2D eigenvalue weighted by atomic mass is 127. The fraction of sp³-hybridized carbons (Fsp3) is 0.417. The van der Waals surface area contributed by atoms with E-state index in [0.717, 1.165) is 3.57 Å². The third-order valence-electron chi connectivity index (χ3n) is 2.22. The molecule has 1 aromatic rings. The number of thiocarbonyl (C=S) groups is 1. The maximum atomic E-state index is 10.8. The Kier molecular flexibility index (Phi) is 5.46. The predicted octanol–water partition coefficient (Wildman–Crippen LogP) is 3.01. The average Bonchev–Trinajstić information content (AvgIpc) is 2.29. The number of pyridine rings is 1. The van der Waals surface area contributed by atoms with Crippen LogP contribution in [0.5, 0.6) is 0 Å². The second-order valence-electron chi connectivity index (χ2n) is 4.48. The third-order valence-corrected chi connectivity index (χ3v) is 3.51. The Hall–Kier alpha value is -0.760. The van der Waals surface area contributed by atoms with E-state index in [4.69, 9.17) is 17.0 Å². The van der Waals surface area contributed by atoms with E-state index in [0.29, 0.717) is 10.8 Å². The van der Waals surface area contributed by atoms with Crippen LogP contribution in [0.2, 0.25) is 0 Å². The van der Waals surface area contributed by atoms with Crippen LogP contribution in [0.3, 0.4) is 0 Å². The molecular weight excluding hydrogens is 363 g/mol. The van der Waals surface area contributed by atoms with Crippen LogP contribution in [-0.4, -0.2) is 22.5 Å². The van der Waals surface area contributed by atoms with Crippen LogP contribution in [0.15, 0.2) is 18.3 Å². The van der Waals surface area contributed by atoms with Crippen molar-refractivity contribution in [3.05, 3.63) is 21.9 Å². The van der Waals surface area contributed by atoms with Crippen LogP contribution < -0.4 is 5.32 Å².